The molecule has 0 aliphatic rings. The van der Waals surface area contributed by atoms with Gasteiger partial charge < -0.3 is 4.74 Å². The highest BCUT2D eigenvalue weighted by atomic mass is 79.9. The van der Waals surface area contributed by atoms with Crippen molar-refractivity contribution in [3.63, 3.8) is 0 Å². The summed E-state index contributed by atoms with van der Waals surface area (Å²) in [6, 6.07) is 8.05. The van der Waals surface area contributed by atoms with Gasteiger partial charge in [-0.3, -0.25) is 4.79 Å². The summed E-state index contributed by atoms with van der Waals surface area (Å²) in [5.74, 6) is -1.02. The number of halogens is 3. The predicted molar refractivity (Wildman–Crippen MR) is 75.1 cm³/mol. The van der Waals surface area contributed by atoms with E-state index in [9.17, 15) is 13.6 Å². The Morgan fingerprint density at radius 1 is 1.20 bits per heavy atom. The van der Waals surface area contributed by atoms with Crippen LogP contribution in [0.5, 0.6) is 5.75 Å². The molecule has 0 unspecified atom stereocenters. The van der Waals surface area contributed by atoms with Crippen molar-refractivity contribution in [3.05, 3.63) is 63.6 Å². The van der Waals surface area contributed by atoms with Gasteiger partial charge in [0.2, 0.25) is 0 Å². The molecular formula is C15H11BrF2O2. The number of hydrogen-bond acceptors (Lipinski definition) is 2. The molecule has 0 aliphatic heterocycles. The Hall–Kier alpha value is -1.75. The number of methoxy groups -OCH3 is 1. The van der Waals surface area contributed by atoms with E-state index in [1.165, 1.54) is 13.2 Å². The van der Waals surface area contributed by atoms with E-state index in [-0.39, 0.29) is 17.8 Å². The summed E-state index contributed by atoms with van der Waals surface area (Å²) < 4.78 is 32.0. The molecule has 2 nitrogen and oxygen atoms in total. The van der Waals surface area contributed by atoms with Gasteiger partial charge in [0.05, 0.1) is 11.6 Å². The van der Waals surface area contributed by atoms with Crippen LogP contribution in [0, 0.1) is 11.6 Å². The number of rotatable bonds is 4. The van der Waals surface area contributed by atoms with E-state index in [4.69, 9.17) is 4.74 Å². The average Bonchev–Trinajstić information content (AvgIpc) is 2.41. The number of Topliss-reactive ketones (excluding diaryl/α,β-unsaturated/α-hetero) is 1. The SMILES string of the molecule is COc1ccc(C(=O)Cc2ccc(F)cc2F)cc1Br. The summed E-state index contributed by atoms with van der Waals surface area (Å²) in [6.45, 7) is 0. The van der Waals surface area contributed by atoms with Crippen LogP contribution in [-0.2, 0) is 6.42 Å². The Morgan fingerprint density at radius 3 is 2.55 bits per heavy atom. The molecule has 0 heterocycles. The smallest absolute Gasteiger partial charge is 0.167 e. The van der Waals surface area contributed by atoms with Gasteiger partial charge in [-0.15, -0.1) is 0 Å². The maximum Gasteiger partial charge on any atom is 0.167 e. The van der Waals surface area contributed by atoms with Crippen LogP contribution in [0.4, 0.5) is 8.78 Å². The van der Waals surface area contributed by atoms with Crippen molar-refractivity contribution in [2.75, 3.05) is 7.11 Å². The second-order valence-corrected chi connectivity index (χ2v) is 5.04. The van der Waals surface area contributed by atoms with Gasteiger partial charge in [-0.1, -0.05) is 6.07 Å². The Kier molecular flexibility index (Phi) is 4.49. The molecule has 20 heavy (non-hydrogen) atoms. The molecule has 0 aliphatic carbocycles. The number of carbonyl (C=O) groups is 1. The molecule has 0 saturated carbocycles. The summed E-state index contributed by atoms with van der Waals surface area (Å²) >= 11 is 3.28. The van der Waals surface area contributed by atoms with E-state index in [0.29, 0.717) is 15.8 Å². The van der Waals surface area contributed by atoms with Crippen molar-refractivity contribution >= 4 is 21.7 Å². The first-order valence-electron chi connectivity index (χ1n) is 5.82. The lowest BCUT2D eigenvalue weighted by atomic mass is 10.0. The van der Waals surface area contributed by atoms with Crippen LogP contribution in [0.25, 0.3) is 0 Å². The highest BCUT2D eigenvalue weighted by Gasteiger charge is 2.13. The van der Waals surface area contributed by atoms with Crippen LogP contribution in [0.1, 0.15) is 15.9 Å². The van der Waals surface area contributed by atoms with Crippen molar-refractivity contribution in [1.82, 2.24) is 0 Å². The highest BCUT2D eigenvalue weighted by molar-refractivity contribution is 9.10. The zero-order chi connectivity index (χ0) is 14.7. The van der Waals surface area contributed by atoms with E-state index in [0.717, 1.165) is 12.1 Å². The van der Waals surface area contributed by atoms with Crippen molar-refractivity contribution in [3.8, 4) is 5.75 Å². The van der Waals surface area contributed by atoms with E-state index in [1.807, 2.05) is 0 Å². The van der Waals surface area contributed by atoms with Gasteiger partial charge in [0.1, 0.15) is 17.4 Å². The lowest BCUT2D eigenvalue weighted by molar-refractivity contribution is 0.0991. The Balaban J connectivity index is 2.21. The third kappa shape index (κ3) is 3.22. The lowest BCUT2D eigenvalue weighted by Gasteiger charge is -2.06. The molecule has 0 spiro atoms. The monoisotopic (exact) mass is 340 g/mol. The van der Waals surface area contributed by atoms with Gasteiger partial charge in [0.15, 0.2) is 5.78 Å². The third-order valence-corrected chi connectivity index (χ3v) is 3.46. The first kappa shape index (κ1) is 14.7. The minimum absolute atomic E-state index is 0.120. The lowest BCUT2D eigenvalue weighted by Crippen LogP contribution is -2.05. The van der Waals surface area contributed by atoms with Crippen LogP contribution in [-0.4, -0.2) is 12.9 Å². The van der Waals surface area contributed by atoms with Crippen LogP contribution in [0.3, 0.4) is 0 Å². The van der Waals surface area contributed by atoms with Crippen molar-refractivity contribution in [2.45, 2.75) is 6.42 Å². The van der Waals surface area contributed by atoms with Crippen LogP contribution in [0.2, 0.25) is 0 Å². The number of ether oxygens (including phenoxy) is 1. The molecule has 0 amide bonds. The maximum absolute atomic E-state index is 13.5. The topological polar surface area (TPSA) is 26.3 Å². The van der Waals surface area contributed by atoms with E-state index < -0.39 is 11.6 Å². The van der Waals surface area contributed by atoms with Gasteiger partial charge in [-0.2, -0.15) is 0 Å². The molecule has 0 saturated heterocycles. The average molecular weight is 341 g/mol. The molecule has 2 aromatic carbocycles. The Morgan fingerprint density at radius 2 is 1.95 bits per heavy atom. The number of benzene rings is 2. The summed E-state index contributed by atoms with van der Waals surface area (Å²) in [6.07, 6.45) is -0.120. The number of carbonyl (C=O) groups excluding carboxylic acids is 1. The normalized spacial score (nSPS) is 10.4. The summed E-state index contributed by atoms with van der Waals surface area (Å²) in [5, 5.41) is 0. The van der Waals surface area contributed by atoms with E-state index in [2.05, 4.69) is 15.9 Å². The quantitative estimate of drug-likeness (QED) is 0.781. The minimum Gasteiger partial charge on any atom is -0.496 e. The fourth-order valence-corrected chi connectivity index (χ4v) is 2.32. The predicted octanol–water partition coefficient (Wildman–Crippen LogP) is 4.16. The summed E-state index contributed by atoms with van der Waals surface area (Å²) in [7, 11) is 1.52. The second kappa shape index (κ2) is 6.13. The molecule has 104 valence electrons. The Labute approximate surface area is 123 Å². The number of ketones is 1. The van der Waals surface area contributed by atoms with Crippen LogP contribution in [0.15, 0.2) is 40.9 Å². The highest BCUT2D eigenvalue weighted by Crippen LogP contribution is 2.26. The molecule has 0 atom stereocenters. The van der Waals surface area contributed by atoms with E-state index >= 15 is 0 Å². The maximum atomic E-state index is 13.5. The molecule has 0 fully saturated rings. The van der Waals surface area contributed by atoms with Gasteiger partial charge >= 0.3 is 0 Å². The summed E-state index contributed by atoms with van der Waals surface area (Å²) in [4.78, 5) is 12.1. The molecule has 2 rings (SSSR count). The largest absolute Gasteiger partial charge is 0.496 e. The van der Waals surface area contributed by atoms with Gasteiger partial charge in [0.25, 0.3) is 0 Å². The molecule has 0 N–H and O–H groups in total. The number of hydrogen-bond donors (Lipinski definition) is 0. The zero-order valence-electron chi connectivity index (χ0n) is 10.6. The van der Waals surface area contributed by atoms with Gasteiger partial charge in [0, 0.05) is 18.1 Å². The molecule has 0 bridgehead atoms. The van der Waals surface area contributed by atoms with Gasteiger partial charge in [-0.05, 0) is 45.8 Å². The molecule has 2 aromatic rings. The molecular weight excluding hydrogens is 330 g/mol. The zero-order valence-corrected chi connectivity index (χ0v) is 12.2. The first-order chi connectivity index (χ1) is 9.51. The van der Waals surface area contributed by atoms with E-state index in [1.54, 1.807) is 18.2 Å². The first-order valence-corrected chi connectivity index (χ1v) is 6.61. The minimum atomic E-state index is -0.717. The van der Waals surface area contributed by atoms with Crippen molar-refractivity contribution < 1.29 is 18.3 Å². The molecule has 5 heteroatoms. The Bertz CT molecular complexity index is 656. The van der Waals surface area contributed by atoms with Crippen LogP contribution >= 0.6 is 15.9 Å². The standard InChI is InChI=1S/C15H11BrF2O2/c1-20-15-5-3-10(6-12(15)16)14(19)7-9-2-4-11(17)8-13(9)18/h2-6,8H,7H2,1H3. The summed E-state index contributed by atoms with van der Waals surface area (Å²) in [5.41, 5.74) is 0.602. The van der Waals surface area contributed by atoms with Crippen molar-refractivity contribution in [2.24, 2.45) is 0 Å². The molecule has 0 radical (unpaired) electrons. The fraction of sp³-hybridized carbons (Fsp3) is 0.133. The molecule has 0 aromatic heterocycles. The van der Waals surface area contributed by atoms with Crippen LogP contribution < -0.4 is 4.74 Å². The van der Waals surface area contributed by atoms with Crippen molar-refractivity contribution in [1.29, 1.82) is 0 Å². The second-order valence-electron chi connectivity index (χ2n) is 4.19. The van der Waals surface area contributed by atoms with Gasteiger partial charge in [-0.25, -0.2) is 8.78 Å². The fourth-order valence-electron chi connectivity index (χ4n) is 1.78. The third-order valence-electron chi connectivity index (χ3n) is 2.84.